The average Bonchev–Trinajstić information content (AvgIpc) is 3.20. The van der Waals surface area contributed by atoms with Crippen molar-refractivity contribution < 1.29 is 9.90 Å². The zero-order chi connectivity index (χ0) is 18.9. The standard InChI is InChI=1S/C20H23N5O2/c26-19(17-4-2-1-3-5-17)12-21-11-10-16-6-8-18(9-7-16)24-20(27)13-25-15-22-14-23-25/h1-9,14-15,19,21,26H,10-13H2,(H,24,27)/t19-/m0/s1. The molecule has 0 unspecified atom stereocenters. The summed E-state index contributed by atoms with van der Waals surface area (Å²) < 4.78 is 1.47. The fourth-order valence-electron chi connectivity index (χ4n) is 2.68. The zero-order valence-corrected chi connectivity index (χ0v) is 15.0. The van der Waals surface area contributed by atoms with Crippen molar-refractivity contribution in [2.45, 2.75) is 19.1 Å². The number of rotatable bonds is 9. The molecule has 0 radical (unpaired) electrons. The Morgan fingerprint density at radius 1 is 1.11 bits per heavy atom. The van der Waals surface area contributed by atoms with Gasteiger partial charge in [0.05, 0.1) is 6.10 Å². The van der Waals surface area contributed by atoms with E-state index < -0.39 is 6.10 Å². The van der Waals surface area contributed by atoms with Gasteiger partial charge in [0.1, 0.15) is 19.2 Å². The van der Waals surface area contributed by atoms with Crippen LogP contribution in [0.15, 0.2) is 67.3 Å². The van der Waals surface area contributed by atoms with Crippen LogP contribution in [0.25, 0.3) is 0 Å². The van der Waals surface area contributed by atoms with Gasteiger partial charge in [0.15, 0.2) is 0 Å². The summed E-state index contributed by atoms with van der Waals surface area (Å²) in [6.07, 6.45) is 3.24. The van der Waals surface area contributed by atoms with Crippen LogP contribution < -0.4 is 10.6 Å². The molecule has 1 heterocycles. The summed E-state index contributed by atoms with van der Waals surface area (Å²) >= 11 is 0. The Labute approximate surface area is 158 Å². The van der Waals surface area contributed by atoms with E-state index in [1.807, 2.05) is 54.6 Å². The van der Waals surface area contributed by atoms with Crippen molar-refractivity contribution in [2.24, 2.45) is 0 Å². The van der Waals surface area contributed by atoms with Gasteiger partial charge in [-0.3, -0.25) is 4.79 Å². The summed E-state index contributed by atoms with van der Waals surface area (Å²) in [4.78, 5) is 15.7. The lowest BCUT2D eigenvalue weighted by atomic mass is 10.1. The first-order valence-electron chi connectivity index (χ1n) is 8.85. The fraction of sp³-hybridized carbons (Fsp3) is 0.250. The van der Waals surface area contributed by atoms with Gasteiger partial charge in [-0.2, -0.15) is 5.10 Å². The van der Waals surface area contributed by atoms with E-state index in [0.717, 1.165) is 29.8 Å². The lowest BCUT2D eigenvalue weighted by Crippen LogP contribution is -2.23. The molecule has 0 fully saturated rings. The van der Waals surface area contributed by atoms with Crippen molar-refractivity contribution in [3.63, 3.8) is 0 Å². The number of nitrogens with zero attached hydrogens (tertiary/aromatic N) is 3. The zero-order valence-electron chi connectivity index (χ0n) is 15.0. The van der Waals surface area contributed by atoms with E-state index in [4.69, 9.17) is 0 Å². The number of aliphatic hydroxyl groups is 1. The lowest BCUT2D eigenvalue weighted by molar-refractivity contribution is -0.116. The van der Waals surface area contributed by atoms with Gasteiger partial charge < -0.3 is 15.7 Å². The molecule has 3 rings (SSSR count). The van der Waals surface area contributed by atoms with Gasteiger partial charge in [0.25, 0.3) is 0 Å². The summed E-state index contributed by atoms with van der Waals surface area (Å²) in [5.41, 5.74) is 2.82. The minimum atomic E-state index is -0.506. The molecule has 1 aromatic heterocycles. The second kappa shape index (κ2) is 9.61. The number of carbonyl (C=O) groups is 1. The predicted octanol–water partition coefficient (Wildman–Crippen LogP) is 1.78. The normalized spacial score (nSPS) is 11.9. The average molecular weight is 365 g/mol. The van der Waals surface area contributed by atoms with Crippen molar-refractivity contribution in [1.82, 2.24) is 20.1 Å². The van der Waals surface area contributed by atoms with Crippen molar-refractivity contribution in [3.05, 3.63) is 78.4 Å². The van der Waals surface area contributed by atoms with Gasteiger partial charge in [-0.1, -0.05) is 42.5 Å². The van der Waals surface area contributed by atoms with E-state index >= 15 is 0 Å². The first kappa shape index (κ1) is 18.8. The SMILES string of the molecule is O=C(Cn1cncn1)Nc1ccc(CCNC[C@H](O)c2ccccc2)cc1. The molecular weight excluding hydrogens is 342 g/mol. The molecule has 0 aliphatic carbocycles. The first-order chi connectivity index (χ1) is 13.2. The van der Waals surface area contributed by atoms with Gasteiger partial charge in [-0.15, -0.1) is 0 Å². The van der Waals surface area contributed by atoms with Gasteiger partial charge in [-0.25, -0.2) is 9.67 Å². The van der Waals surface area contributed by atoms with Crippen LogP contribution in [0, 0.1) is 0 Å². The molecule has 0 saturated heterocycles. The number of amides is 1. The molecule has 0 bridgehead atoms. The third-order valence-electron chi connectivity index (χ3n) is 4.12. The van der Waals surface area contributed by atoms with E-state index in [1.54, 1.807) is 0 Å². The monoisotopic (exact) mass is 365 g/mol. The van der Waals surface area contributed by atoms with Crippen LogP contribution in [0.2, 0.25) is 0 Å². The molecule has 140 valence electrons. The third-order valence-corrected chi connectivity index (χ3v) is 4.12. The van der Waals surface area contributed by atoms with E-state index in [1.165, 1.54) is 17.3 Å². The molecule has 7 nitrogen and oxygen atoms in total. The third kappa shape index (κ3) is 6.02. The van der Waals surface area contributed by atoms with E-state index in [0.29, 0.717) is 6.54 Å². The largest absolute Gasteiger partial charge is 0.387 e. The van der Waals surface area contributed by atoms with Crippen LogP contribution in [0.5, 0.6) is 0 Å². The van der Waals surface area contributed by atoms with E-state index in [2.05, 4.69) is 20.7 Å². The molecule has 1 amide bonds. The molecule has 2 aromatic carbocycles. The maximum Gasteiger partial charge on any atom is 0.246 e. The van der Waals surface area contributed by atoms with Gasteiger partial charge in [0.2, 0.25) is 5.91 Å². The molecule has 7 heteroatoms. The number of aromatic nitrogens is 3. The number of anilines is 1. The molecule has 0 aliphatic rings. The summed E-state index contributed by atoms with van der Waals surface area (Å²) in [5.74, 6) is -0.148. The van der Waals surface area contributed by atoms with Gasteiger partial charge in [0, 0.05) is 12.2 Å². The predicted molar refractivity (Wildman–Crippen MR) is 103 cm³/mol. The summed E-state index contributed by atoms with van der Waals surface area (Å²) in [6.45, 7) is 1.41. The quantitative estimate of drug-likeness (QED) is 0.503. The highest BCUT2D eigenvalue weighted by atomic mass is 16.3. The molecule has 3 N–H and O–H groups in total. The Morgan fingerprint density at radius 3 is 2.59 bits per heavy atom. The Morgan fingerprint density at radius 2 is 1.89 bits per heavy atom. The number of carbonyl (C=O) groups excluding carboxylic acids is 1. The minimum Gasteiger partial charge on any atom is -0.387 e. The van der Waals surface area contributed by atoms with E-state index in [-0.39, 0.29) is 12.5 Å². The molecule has 27 heavy (non-hydrogen) atoms. The highest BCUT2D eigenvalue weighted by Crippen LogP contribution is 2.12. The van der Waals surface area contributed by atoms with E-state index in [9.17, 15) is 9.90 Å². The number of benzene rings is 2. The van der Waals surface area contributed by atoms with Gasteiger partial charge >= 0.3 is 0 Å². The molecule has 0 aliphatic heterocycles. The minimum absolute atomic E-state index is 0.134. The Balaban J connectivity index is 1.38. The summed E-state index contributed by atoms with van der Waals surface area (Å²) in [6, 6.07) is 17.4. The second-order valence-electron chi connectivity index (χ2n) is 6.22. The smallest absolute Gasteiger partial charge is 0.246 e. The maximum absolute atomic E-state index is 11.9. The van der Waals surface area contributed by atoms with Crippen molar-refractivity contribution in [3.8, 4) is 0 Å². The second-order valence-corrected chi connectivity index (χ2v) is 6.22. The van der Waals surface area contributed by atoms with Crippen LogP contribution in [0.3, 0.4) is 0 Å². The van der Waals surface area contributed by atoms with Crippen molar-refractivity contribution in [2.75, 3.05) is 18.4 Å². The topological polar surface area (TPSA) is 92.1 Å². The highest BCUT2D eigenvalue weighted by Gasteiger charge is 2.06. The van der Waals surface area contributed by atoms with Crippen LogP contribution in [-0.4, -0.2) is 38.9 Å². The maximum atomic E-state index is 11.9. The summed E-state index contributed by atoms with van der Waals surface area (Å²) in [5, 5.41) is 20.1. The molecule has 1 atom stereocenters. The van der Waals surface area contributed by atoms with Crippen LogP contribution in [-0.2, 0) is 17.8 Å². The Hall–Kier alpha value is -3.03. The fourth-order valence-corrected chi connectivity index (χ4v) is 2.68. The van der Waals surface area contributed by atoms with Crippen LogP contribution in [0.1, 0.15) is 17.2 Å². The highest BCUT2D eigenvalue weighted by molar-refractivity contribution is 5.90. The summed E-state index contributed by atoms with van der Waals surface area (Å²) in [7, 11) is 0. The number of nitrogens with one attached hydrogen (secondary N) is 2. The Kier molecular flexibility index (Phi) is 6.67. The molecule has 3 aromatic rings. The van der Waals surface area contributed by atoms with Crippen molar-refractivity contribution in [1.29, 1.82) is 0 Å². The number of aliphatic hydroxyl groups excluding tert-OH is 1. The Bertz CT molecular complexity index is 819. The number of hydrogen-bond acceptors (Lipinski definition) is 5. The van der Waals surface area contributed by atoms with Crippen LogP contribution in [0.4, 0.5) is 5.69 Å². The van der Waals surface area contributed by atoms with Crippen molar-refractivity contribution >= 4 is 11.6 Å². The molecule has 0 spiro atoms. The van der Waals surface area contributed by atoms with Gasteiger partial charge in [-0.05, 0) is 36.2 Å². The number of hydrogen-bond donors (Lipinski definition) is 3. The lowest BCUT2D eigenvalue weighted by Gasteiger charge is -2.12. The van der Waals surface area contributed by atoms with Crippen LogP contribution >= 0.6 is 0 Å². The molecular formula is C20H23N5O2. The molecule has 0 saturated carbocycles. The first-order valence-corrected chi connectivity index (χ1v) is 8.85.